The third-order valence-corrected chi connectivity index (χ3v) is 1.62. The summed E-state index contributed by atoms with van der Waals surface area (Å²) >= 11 is 0. The lowest BCUT2D eigenvalue weighted by atomic mass is 10.2. The fourth-order valence-corrected chi connectivity index (χ4v) is 1.03. The molecular formula is C5H7N5O. The van der Waals surface area contributed by atoms with Gasteiger partial charge in [0.05, 0.1) is 6.34 Å². The number of hydrogen-bond donors (Lipinski definition) is 3. The van der Waals surface area contributed by atoms with E-state index in [1.54, 1.807) is 0 Å². The zero-order valence-corrected chi connectivity index (χ0v) is 5.60. The molecule has 58 valence electrons. The second kappa shape index (κ2) is 1.79. The number of fused-ring (bicyclic) bond motifs is 1. The highest BCUT2D eigenvalue weighted by Gasteiger charge is 2.43. The van der Waals surface area contributed by atoms with E-state index in [0.29, 0.717) is 0 Å². The van der Waals surface area contributed by atoms with Crippen LogP contribution >= 0.6 is 0 Å². The maximum atomic E-state index is 9.59. The lowest BCUT2D eigenvalue weighted by Crippen LogP contribution is -2.53. The molecule has 6 heteroatoms. The molecule has 2 rings (SSSR count). The fraction of sp³-hybridized carbons (Fsp3) is 0.400. The van der Waals surface area contributed by atoms with Crippen LogP contribution in [-0.4, -0.2) is 35.5 Å². The van der Waals surface area contributed by atoms with Gasteiger partial charge in [-0.15, -0.1) is 0 Å². The highest BCUT2D eigenvalue weighted by atomic mass is 16.3. The van der Waals surface area contributed by atoms with Gasteiger partial charge in [0, 0.05) is 0 Å². The van der Waals surface area contributed by atoms with Crippen molar-refractivity contribution in [1.29, 1.82) is 0 Å². The second-order valence-corrected chi connectivity index (χ2v) is 2.35. The Morgan fingerprint density at radius 2 is 2.55 bits per heavy atom. The Balaban J connectivity index is 2.40. The van der Waals surface area contributed by atoms with Gasteiger partial charge in [-0.1, -0.05) is 0 Å². The molecule has 0 saturated heterocycles. The molecule has 0 amide bonds. The van der Waals surface area contributed by atoms with Gasteiger partial charge in [-0.3, -0.25) is 4.99 Å². The molecule has 6 nitrogen and oxygen atoms in total. The molecule has 0 aromatic heterocycles. The Kier molecular flexibility index (Phi) is 1.02. The number of amidine groups is 1. The van der Waals surface area contributed by atoms with Crippen molar-refractivity contribution in [2.75, 3.05) is 0 Å². The molecule has 2 aliphatic heterocycles. The smallest absolute Gasteiger partial charge is 0.267 e. The molecule has 0 saturated carbocycles. The van der Waals surface area contributed by atoms with E-state index in [1.165, 1.54) is 12.7 Å². The minimum absolute atomic E-state index is 0.267. The van der Waals surface area contributed by atoms with Crippen LogP contribution in [0, 0.1) is 0 Å². The summed E-state index contributed by atoms with van der Waals surface area (Å²) in [5.41, 5.74) is 5.45. The van der Waals surface area contributed by atoms with Crippen LogP contribution in [-0.2, 0) is 0 Å². The maximum absolute atomic E-state index is 9.59. The van der Waals surface area contributed by atoms with Gasteiger partial charge >= 0.3 is 0 Å². The van der Waals surface area contributed by atoms with E-state index in [1.807, 2.05) is 0 Å². The first-order valence-electron chi connectivity index (χ1n) is 3.11. The van der Waals surface area contributed by atoms with Crippen molar-refractivity contribution in [2.45, 2.75) is 11.9 Å². The van der Waals surface area contributed by atoms with Crippen LogP contribution in [0.2, 0.25) is 0 Å². The van der Waals surface area contributed by atoms with Crippen molar-refractivity contribution < 1.29 is 5.11 Å². The van der Waals surface area contributed by atoms with Gasteiger partial charge in [0.2, 0.25) is 0 Å². The Hall–Kier alpha value is -1.43. The average molecular weight is 153 g/mol. The molecular weight excluding hydrogens is 146 g/mol. The van der Waals surface area contributed by atoms with Gasteiger partial charge in [0.1, 0.15) is 12.2 Å². The molecule has 2 aliphatic rings. The number of hydrogen-bond acceptors (Lipinski definition) is 6. The molecule has 2 heterocycles. The van der Waals surface area contributed by atoms with E-state index in [4.69, 9.17) is 5.73 Å². The average Bonchev–Trinajstić information content (AvgIpc) is 2.31. The van der Waals surface area contributed by atoms with Crippen molar-refractivity contribution in [3.63, 3.8) is 0 Å². The third kappa shape index (κ3) is 0.726. The van der Waals surface area contributed by atoms with E-state index in [2.05, 4.69) is 20.3 Å². The first-order chi connectivity index (χ1) is 5.22. The Morgan fingerprint density at radius 3 is 3.27 bits per heavy atom. The SMILES string of the molecule is NC1=NC=N[C@]2(O)NC=N[C@H]12. The van der Waals surface area contributed by atoms with Crippen molar-refractivity contribution in [3.8, 4) is 0 Å². The predicted molar refractivity (Wildman–Crippen MR) is 40.5 cm³/mol. The van der Waals surface area contributed by atoms with E-state index in [-0.39, 0.29) is 5.84 Å². The molecule has 0 unspecified atom stereocenters. The predicted octanol–water partition coefficient (Wildman–Crippen LogP) is -1.97. The Bertz CT molecular complexity index is 270. The summed E-state index contributed by atoms with van der Waals surface area (Å²) in [6.07, 6.45) is 2.59. The van der Waals surface area contributed by atoms with Crippen molar-refractivity contribution in [3.05, 3.63) is 0 Å². The molecule has 0 radical (unpaired) electrons. The van der Waals surface area contributed by atoms with Gasteiger partial charge in [0.25, 0.3) is 5.85 Å². The Labute approximate surface area is 62.6 Å². The Morgan fingerprint density at radius 1 is 1.73 bits per heavy atom. The minimum atomic E-state index is -1.40. The van der Waals surface area contributed by atoms with E-state index >= 15 is 0 Å². The monoisotopic (exact) mass is 153 g/mol. The quantitative estimate of drug-likeness (QED) is 0.376. The van der Waals surface area contributed by atoms with Gasteiger partial charge in [-0.05, 0) is 0 Å². The third-order valence-electron chi connectivity index (χ3n) is 1.62. The largest absolute Gasteiger partial charge is 0.385 e. The number of nitrogens with two attached hydrogens (primary N) is 1. The zero-order chi connectivity index (χ0) is 7.90. The van der Waals surface area contributed by atoms with Crippen LogP contribution in [0.15, 0.2) is 15.0 Å². The molecule has 11 heavy (non-hydrogen) atoms. The minimum Gasteiger partial charge on any atom is -0.385 e. The van der Waals surface area contributed by atoms with Gasteiger partial charge in [-0.2, -0.15) is 0 Å². The molecule has 4 N–H and O–H groups in total. The summed E-state index contributed by atoms with van der Waals surface area (Å²) in [7, 11) is 0. The van der Waals surface area contributed by atoms with Crippen LogP contribution < -0.4 is 11.1 Å². The van der Waals surface area contributed by atoms with Crippen molar-refractivity contribution >= 4 is 18.5 Å². The zero-order valence-electron chi connectivity index (χ0n) is 5.60. The van der Waals surface area contributed by atoms with Crippen LogP contribution in [0.4, 0.5) is 0 Å². The lowest BCUT2D eigenvalue weighted by molar-refractivity contribution is 0.0376. The molecule has 0 aromatic carbocycles. The molecule has 0 fully saturated rings. The standard InChI is InChI=1S/C5H7N5O/c6-4-3-5(11,9-1-7-3)10-2-8-4/h1-3,11H,(H,7,9)(H2,6,8,10)/t3-,5-/m1/s1. The fourth-order valence-electron chi connectivity index (χ4n) is 1.03. The van der Waals surface area contributed by atoms with Gasteiger partial charge < -0.3 is 16.2 Å². The van der Waals surface area contributed by atoms with E-state index in [9.17, 15) is 5.11 Å². The summed E-state index contributed by atoms with van der Waals surface area (Å²) in [5.74, 6) is -1.13. The highest BCUT2D eigenvalue weighted by Crippen LogP contribution is 2.18. The summed E-state index contributed by atoms with van der Waals surface area (Å²) < 4.78 is 0. The number of nitrogens with one attached hydrogen (secondary N) is 1. The molecule has 0 aromatic rings. The molecule has 2 atom stereocenters. The first kappa shape index (κ1) is 6.29. The normalized spacial score (nSPS) is 39.7. The van der Waals surface area contributed by atoms with E-state index in [0.717, 1.165) is 0 Å². The number of nitrogens with zero attached hydrogens (tertiary/aromatic N) is 3. The second-order valence-electron chi connectivity index (χ2n) is 2.35. The molecule has 0 bridgehead atoms. The topological polar surface area (TPSA) is 95.4 Å². The van der Waals surface area contributed by atoms with Crippen molar-refractivity contribution in [2.24, 2.45) is 20.7 Å². The molecule has 0 aliphatic carbocycles. The van der Waals surface area contributed by atoms with Crippen LogP contribution in [0.25, 0.3) is 0 Å². The first-order valence-corrected chi connectivity index (χ1v) is 3.11. The van der Waals surface area contributed by atoms with Crippen molar-refractivity contribution in [1.82, 2.24) is 5.32 Å². The van der Waals surface area contributed by atoms with Gasteiger partial charge in [-0.25, -0.2) is 9.98 Å². The number of rotatable bonds is 0. The number of aliphatic hydroxyl groups is 1. The summed E-state index contributed by atoms with van der Waals surface area (Å²) in [6, 6.07) is -0.576. The summed E-state index contributed by atoms with van der Waals surface area (Å²) in [4.78, 5) is 11.3. The molecule has 0 spiro atoms. The maximum Gasteiger partial charge on any atom is 0.267 e. The summed E-state index contributed by atoms with van der Waals surface area (Å²) in [6.45, 7) is 0. The van der Waals surface area contributed by atoms with Crippen LogP contribution in [0.5, 0.6) is 0 Å². The lowest BCUT2D eigenvalue weighted by Gasteiger charge is -2.25. The highest BCUT2D eigenvalue weighted by molar-refractivity contribution is 5.96. The van der Waals surface area contributed by atoms with Crippen LogP contribution in [0.3, 0.4) is 0 Å². The van der Waals surface area contributed by atoms with Crippen LogP contribution in [0.1, 0.15) is 0 Å². The summed E-state index contributed by atoms with van der Waals surface area (Å²) in [5, 5.41) is 12.2. The van der Waals surface area contributed by atoms with E-state index < -0.39 is 11.9 Å². The number of aliphatic imine (C=N–C) groups is 3. The van der Waals surface area contributed by atoms with Gasteiger partial charge in [0.15, 0.2) is 6.04 Å².